The molecule has 9 heteroatoms. The first-order chi connectivity index (χ1) is 13.9. The topological polar surface area (TPSA) is 132 Å². The van der Waals surface area contributed by atoms with Gasteiger partial charge in [0.25, 0.3) is 11.4 Å². The van der Waals surface area contributed by atoms with Crippen LogP contribution in [0.3, 0.4) is 0 Å². The van der Waals surface area contributed by atoms with Crippen LogP contribution in [-0.2, 0) is 0 Å². The fraction of sp³-hybridized carbons (Fsp3) is 0. The second kappa shape index (κ2) is 7.98. The number of nitro groups is 2. The van der Waals surface area contributed by atoms with E-state index in [1.54, 1.807) is 29.0 Å². The van der Waals surface area contributed by atoms with E-state index in [-0.39, 0.29) is 22.5 Å². The van der Waals surface area contributed by atoms with E-state index < -0.39 is 15.6 Å². The zero-order valence-electron chi connectivity index (χ0n) is 14.8. The monoisotopic (exact) mass is 388 g/mol. The van der Waals surface area contributed by atoms with Gasteiger partial charge in [0.05, 0.1) is 15.5 Å². The number of ketones is 1. The lowest BCUT2D eigenvalue weighted by atomic mass is 10.0. The number of nitrogens with zero attached hydrogens (tertiary/aromatic N) is 4. The lowest BCUT2D eigenvalue weighted by Crippen LogP contribution is -2.04. The molecule has 3 rings (SSSR count). The largest absolute Gasteiger partial charge is 0.317 e. The predicted octanol–water partition coefficient (Wildman–Crippen LogP) is 4.08. The summed E-state index contributed by atoms with van der Waals surface area (Å²) in [5, 5.41) is 31.4. The van der Waals surface area contributed by atoms with Crippen LogP contribution in [0.2, 0.25) is 0 Å². The van der Waals surface area contributed by atoms with Gasteiger partial charge in [-0.05, 0) is 24.3 Å². The van der Waals surface area contributed by atoms with Crippen LogP contribution < -0.4 is 0 Å². The molecule has 0 saturated heterocycles. The van der Waals surface area contributed by atoms with E-state index in [0.29, 0.717) is 11.4 Å². The van der Waals surface area contributed by atoms with E-state index in [4.69, 9.17) is 0 Å². The maximum atomic E-state index is 12.7. The highest BCUT2D eigenvalue weighted by molar-refractivity contribution is 6.14. The van der Waals surface area contributed by atoms with E-state index in [9.17, 15) is 30.3 Å². The molecule has 0 unspecified atom stereocenters. The lowest BCUT2D eigenvalue weighted by molar-refractivity contribution is -0.385. The number of non-ortho nitro benzene ring substituents is 2. The quantitative estimate of drug-likeness (QED) is 0.205. The number of nitriles is 1. The van der Waals surface area contributed by atoms with Crippen molar-refractivity contribution in [1.29, 1.82) is 5.26 Å². The highest BCUT2D eigenvalue weighted by atomic mass is 16.6. The summed E-state index contributed by atoms with van der Waals surface area (Å²) in [6, 6.07) is 16.1. The molecule has 0 aliphatic rings. The van der Waals surface area contributed by atoms with Crippen LogP contribution in [-0.4, -0.2) is 20.2 Å². The molecule has 0 atom stereocenters. The first-order valence-electron chi connectivity index (χ1n) is 8.24. The predicted molar refractivity (Wildman–Crippen MR) is 103 cm³/mol. The molecule has 0 fully saturated rings. The van der Waals surface area contributed by atoms with Gasteiger partial charge in [-0.1, -0.05) is 18.2 Å². The minimum atomic E-state index is -0.664. The van der Waals surface area contributed by atoms with Crippen molar-refractivity contribution >= 4 is 23.2 Å². The third kappa shape index (κ3) is 4.06. The van der Waals surface area contributed by atoms with Crippen molar-refractivity contribution in [2.24, 2.45) is 0 Å². The Morgan fingerprint density at radius 1 is 0.966 bits per heavy atom. The molecule has 0 bridgehead atoms. The van der Waals surface area contributed by atoms with Gasteiger partial charge in [-0.25, -0.2) is 0 Å². The molecule has 0 aliphatic carbocycles. The number of hydrogen-bond acceptors (Lipinski definition) is 6. The molecule has 142 valence electrons. The van der Waals surface area contributed by atoms with Crippen molar-refractivity contribution < 1.29 is 14.6 Å². The minimum absolute atomic E-state index is 0.0143. The molecule has 2 aromatic carbocycles. The second-order valence-corrected chi connectivity index (χ2v) is 5.89. The van der Waals surface area contributed by atoms with Crippen molar-refractivity contribution in [2.75, 3.05) is 0 Å². The van der Waals surface area contributed by atoms with E-state index in [2.05, 4.69) is 0 Å². The van der Waals surface area contributed by atoms with Gasteiger partial charge in [-0.2, -0.15) is 5.26 Å². The van der Waals surface area contributed by atoms with Gasteiger partial charge in [-0.15, -0.1) is 0 Å². The molecule has 0 spiro atoms. The summed E-state index contributed by atoms with van der Waals surface area (Å²) < 4.78 is 1.59. The summed E-state index contributed by atoms with van der Waals surface area (Å²) >= 11 is 0. The van der Waals surface area contributed by atoms with Crippen LogP contribution in [0.1, 0.15) is 16.1 Å². The van der Waals surface area contributed by atoms with Crippen molar-refractivity contribution in [3.05, 3.63) is 104 Å². The third-order valence-corrected chi connectivity index (χ3v) is 4.08. The van der Waals surface area contributed by atoms with Gasteiger partial charge in [0, 0.05) is 41.7 Å². The number of allylic oxidation sites excluding steroid dienone is 1. The van der Waals surface area contributed by atoms with E-state index >= 15 is 0 Å². The zero-order chi connectivity index (χ0) is 21.0. The Morgan fingerprint density at radius 2 is 1.62 bits per heavy atom. The van der Waals surface area contributed by atoms with Crippen molar-refractivity contribution in [3.63, 3.8) is 0 Å². The van der Waals surface area contributed by atoms with Crippen LogP contribution in [0.5, 0.6) is 0 Å². The number of aromatic nitrogens is 1. The van der Waals surface area contributed by atoms with E-state index in [0.717, 1.165) is 6.07 Å². The number of rotatable bonds is 6. The second-order valence-electron chi connectivity index (χ2n) is 5.89. The average molecular weight is 388 g/mol. The summed E-state index contributed by atoms with van der Waals surface area (Å²) in [7, 11) is 0. The summed E-state index contributed by atoms with van der Waals surface area (Å²) in [4.78, 5) is 33.4. The van der Waals surface area contributed by atoms with E-state index in [1.807, 2.05) is 6.07 Å². The molecule has 0 radical (unpaired) electrons. The number of carbonyl (C=O) groups excluding carboxylic acids is 1. The maximum Gasteiger partial charge on any atom is 0.271 e. The summed E-state index contributed by atoms with van der Waals surface area (Å²) in [5.41, 5.74) is 0.361. The number of benzene rings is 2. The van der Waals surface area contributed by atoms with Gasteiger partial charge >= 0.3 is 0 Å². The van der Waals surface area contributed by atoms with E-state index in [1.165, 1.54) is 42.5 Å². The average Bonchev–Trinajstić information content (AvgIpc) is 3.20. The molecule has 29 heavy (non-hydrogen) atoms. The van der Waals surface area contributed by atoms with Gasteiger partial charge in [0.2, 0.25) is 5.78 Å². The number of hydrogen-bond donors (Lipinski definition) is 0. The Hall–Kier alpha value is -4.58. The van der Waals surface area contributed by atoms with Crippen molar-refractivity contribution in [3.8, 4) is 11.8 Å². The van der Waals surface area contributed by atoms with Gasteiger partial charge in [0.1, 0.15) is 11.6 Å². The van der Waals surface area contributed by atoms with Gasteiger partial charge < -0.3 is 4.57 Å². The number of nitro benzene ring substituents is 2. The number of Topliss-reactive ketones (excluding diaryl/α,β-unsaturated/α-hetero) is 1. The Kier molecular flexibility index (Phi) is 5.28. The Bertz CT molecular complexity index is 1200. The molecule has 0 N–H and O–H groups in total. The molecule has 1 aromatic heterocycles. The van der Waals surface area contributed by atoms with Crippen molar-refractivity contribution in [2.45, 2.75) is 0 Å². The Labute approximate surface area is 164 Å². The van der Waals surface area contributed by atoms with Crippen LogP contribution in [0.15, 0.2) is 72.4 Å². The summed E-state index contributed by atoms with van der Waals surface area (Å²) in [6.07, 6.45) is 2.97. The molecular formula is C20H12N4O5. The highest BCUT2D eigenvalue weighted by Crippen LogP contribution is 2.22. The Balaban J connectivity index is 2.01. The van der Waals surface area contributed by atoms with Crippen LogP contribution in [0, 0.1) is 31.6 Å². The van der Waals surface area contributed by atoms with Gasteiger partial charge in [0.15, 0.2) is 0 Å². The highest BCUT2D eigenvalue weighted by Gasteiger charge is 2.17. The van der Waals surface area contributed by atoms with Crippen LogP contribution >= 0.6 is 0 Å². The summed E-state index contributed by atoms with van der Waals surface area (Å²) in [6.45, 7) is 0. The lowest BCUT2D eigenvalue weighted by Gasteiger charge is -2.07. The molecule has 1 heterocycles. The first kappa shape index (κ1) is 19.2. The molecule has 9 nitrogen and oxygen atoms in total. The smallest absolute Gasteiger partial charge is 0.271 e. The standard InChI is InChI=1S/C20H12N4O5/c21-13-15(20(25)14-4-1-6-18(10-14)23(26)27)11-16-8-3-9-22(16)17-5-2-7-19(12-17)24(28)29/h1-12H/b15-11+. The van der Waals surface area contributed by atoms with Crippen LogP contribution in [0.25, 0.3) is 11.8 Å². The molecule has 0 saturated carbocycles. The Morgan fingerprint density at radius 3 is 2.28 bits per heavy atom. The SMILES string of the molecule is N#C/C(=C\c1cccn1-c1cccc([N+](=O)[O-])c1)C(=O)c1cccc([N+](=O)[O-])c1. The third-order valence-electron chi connectivity index (χ3n) is 4.08. The zero-order valence-corrected chi connectivity index (χ0v) is 14.8. The normalized spacial score (nSPS) is 10.9. The number of carbonyl (C=O) groups is 1. The fourth-order valence-corrected chi connectivity index (χ4v) is 2.72. The molecular weight excluding hydrogens is 376 g/mol. The summed E-state index contributed by atoms with van der Waals surface area (Å²) in [5.74, 6) is -0.664. The molecule has 0 amide bonds. The fourth-order valence-electron chi connectivity index (χ4n) is 2.72. The molecule has 3 aromatic rings. The minimum Gasteiger partial charge on any atom is -0.317 e. The van der Waals surface area contributed by atoms with Gasteiger partial charge in [-0.3, -0.25) is 25.0 Å². The molecule has 0 aliphatic heterocycles. The maximum absolute atomic E-state index is 12.7. The first-order valence-corrected chi connectivity index (χ1v) is 8.24. The van der Waals surface area contributed by atoms with Crippen molar-refractivity contribution in [1.82, 2.24) is 4.57 Å². The van der Waals surface area contributed by atoms with Crippen LogP contribution in [0.4, 0.5) is 11.4 Å².